The Morgan fingerprint density at radius 2 is 1.80 bits per heavy atom. The van der Waals surface area contributed by atoms with Crippen molar-refractivity contribution in [3.63, 3.8) is 0 Å². The molecule has 3 N–H and O–H groups in total. The van der Waals surface area contributed by atoms with E-state index in [9.17, 15) is 8.42 Å². The van der Waals surface area contributed by atoms with Crippen LogP contribution in [0.15, 0.2) is 34.2 Å². The molecule has 0 bridgehead atoms. The molecular weight excluding hydrogens is 451 g/mol. The van der Waals surface area contributed by atoms with Crippen LogP contribution in [0.5, 0.6) is 0 Å². The fraction of sp³-hybridized carbons (Fsp3) is 0.588. The van der Waals surface area contributed by atoms with Gasteiger partial charge in [0, 0.05) is 31.1 Å². The van der Waals surface area contributed by atoms with Gasteiger partial charge < -0.3 is 10.2 Å². The van der Waals surface area contributed by atoms with Gasteiger partial charge in [0.05, 0.1) is 4.90 Å². The molecule has 0 spiro atoms. The minimum absolute atomic E-state index is 0. The topological polar surface area (TPSA) is 87.8 Å². The summed E-state index contributed by atoms with van der Waals surface area (Å²) < 4.78 is 22.5. The Labute approximate surface area is 168 Å². The summed E-state index contributed by atoms with van der Waals surface area (Å²) in [5, 5.41) is 8.50. The van der Waals surface area contributed by atoms with Crippen LogP contribution in [-0.2, 0) is 16.4 Å². The number of primary sulfonamides is 1. The minimum atomic E-state index is -3.63. The number of nitrogens with two attached hydrogens (primary N) is 1. The highest BCUT2D eigenvalue weighted by Crippen LogP contribution is 2.46. The van der Waals surface area contributed by atoms with E-state index >= 15 is 0 Å². The number of hydrogen-bond donors (Lipinski definition) is 2. The van der Waals surface area contributed by atoms with E-state index in [1.54, 1.807) is 31.3 Å². The number of nitrogens with one attached hydrogen (secondary N) is 1. The quantitative estimate of drug-likeness (QED) is 0.393. The Morgan fingerprint density at radius 3 is 2.20 bits per heavy atom. The molecule has 1 fully saturated rings. The Bertz CT molecular complexity index is 728. The molecule has 1 aliphatic rings. The van der Waals surface area contributed by atoms with Gasteiger partial charge in [0.2, 0.25) is 10.0 Å². The number of likely N-dealkylation sites (tertiary alicyclic amines) is 1. The molecule has 142 valence electrons. The molecule has 0 saturated carbocycles. The first-order valence-corrected chi connectivity index (χ1v) is 9.64. The summed E-state index contributed by atoms with van der Waals surface area (Å²) in [5.74, 6) is 0.903. The standard InChI is InChI=1S/C17H28N4O2S.HI/c1-16(2)12-21(17(16,3)4)15(19-5)20-11-10-13-6-8-14(9-7-13)24(18,22)23;/h6-9H,10-12H2,1-5H3,(H,19,20)(H2,18,22,23);1H. The molecule has 0 atom stereocenters. The van der Waals surface area contributed by atoms with Gasteiger partial charge in [-0.1, -0.05) is 26.0 Å². The van der Waals surface area contributed by atoms with Crippen molar-refractivity contribution in [2.24, 2.45) is 15.5 Å². The number of hydrogen-bond acceptors (Lipinski definition) is 3. The number of nitrogens with zero attached hydrogens (tertiary/aromatic N) is 2. The predicted octanol–water partition coefficient (Wildman–Crippen LogP) is 2.19. The number of benzene rings is 1. The third kappa shape index (κ3) is 4.65. The van der Waals surface area contributed by atoms with Crippen molar-refractivity contribution >= 4 is 40.0 Å². The second-order valence-corrected chi connectivity index (χ2v) is 9.00. The van der Waals surface area contributed by atoms with E-state index in [-0.39, 0.29) is 39.8 Å². The Balaban J connectivity index is 0.00000312. The van der Waals surface area contributed by atoms with Gasteiger partial charge in [-0.2, -0.15) is 0 Å². The van der Waals surface area contributed by atoms with E-state index in [0.29, 0.717) is 0 Å². The predicted molar refractivity (Wildman–Crippen MR) is 113 cm³/mol. The van der Waals surface area contributed by atoms with Gasteiger partial charge in [0.1, 0.15) is 0 Å². The first-order valence-electron chi connectivity index (χ1n) is 8.09. The summed E-state index contributed by atoms with van der Waals surface area (Å²) in [6, 6.07) is 6.67. The molecule has 1 aromatic rings. The molecule has 1 heterocycles. The van der Waals surface area contributed by atoms with Crippen LogP contribution in [0.2, 0.25) is 0 Å². The van der Waals surface area contributed by atoms with E-state index in [2.05, 4.69) is 42.9 Å². The molecule has 0 aromatic heterocycles. The van der Waals surface area contributed by atoms with Crippen LogP contribution in [0.4, 0.5) is 0 Å². The molecule has 0 amide bonds. The number of halogens is 1. The second-order valence-electron chi connectivity index (χ2n) is 7.44. The first-order chi connectivity index (χ1) is 11.0. The highest BCUT2D eigenvalue weighted by molar-refractivity contribution is 14.0. The average molecular weight is 480 g/mol. The summed E-state index contributed by atoms with van der Waals surface area (Å²) in [7, 11) is -1.83. The van der Waals surface area contributed by atoms with Crippen LogP contribution >= 0.6 is 24.0 Å². The molecule has 0 aliphatic carbocycles. The van der Waals surface area contributed by atoms with Crippen molar-refractivity contribution in [3.05, 3.63) is 29.8 Å². The lowest BCUT2D eigenvalue weighted by molar-refractivity contribution is -0.0666. The maximum absolute atomic E-state index is 11.3. The number of sulfonamides is 1. The zero-order valence-corrected chi connectivity index (χ0v) is 18.7. The van der Waals surface area contributed by atoms with Crippen LogP contribution < -0.4 is 10.5 Å². The Kier molecular flexibility index (Phi) is 6.91. The Morgan fingerprint density at radius 1 is 1.24 bits per heavy atom. The summed E-state index contributed by atoms with van der Waals surface area (Å²) in [5.41, 5.74) is 1.37. The highest BCUT2D eigenvalue weighted by atomic mass is 127. The average Bonchev–Trinajstić information content (AvgIpc) is 2.49. The molecule has 25 heavy (non-hydrogen) atoms. The third-order valence-corrected chi connectivity index (χ3v) is 6.23. The SMILES string of the molecule is CN=C(NCCc1ccc(S(N)(=O)=O)cc1)N1CC(C)(C)C1(C)C.I. The maximum Gasteiger partial charge on any atom is 0.238 e. The lowest BCUT2D eigenvalue weighted by Gasteiger charge is -2.62. The number of guanidine groups is 1. The van der Waals surface area contributed by atoms with E-state index in [1.165, 1.54) is 0 Å². The van der Waals surface area contributed by atoms with E-state index < -0.39 is 10.0 Å². The third-order valence-electron chi connectivity index (χ3n) is 5.30. The van der Waals surface area contributed by atoms with Gasteiger partial charge in [0.25, 0.3) is 0 Å². The molecule has 1 aliphatic heterocycles. The minimum Gasteiger partial charge on any atom is -0.356 e. The van der Waals surface area contributed by atoms with E-state index in [4.69, 9.17) is 5.14 Å². The highest BCUT2D eigenvalue weighted by Gasteiger charge is 2.53. The van der Waals surface area contributed by atoms with Gasteiger partial charge in [-0.15, -0.1) is 24.0 Å². The lowest BCUT2D eigenvalue weighted by Crippen LogP contribution is -2.72. The molecule has 1 saturated heterocycles. The molecule has 8 heteroatoms. The molecular formula is C17H29IN4O2S. The second kappa shape index (κ2) is 7.79. The van der Waals surface area contributed by atoms with Crippen molar-refractivity contribution in [2.75, 3.05) is 20.1 Å². The van der Waals surface area contributed by atoms with Crippen molar-refractivity contribution < 1.29 is 8.42 Å². The van der Waals surface area contributed by atoms with E-state index in [1.807, 2.05) is 0 Å². The monoisotopic (exact) mass is 480 g/mol. The number of rotatable bonds is 4. The molecule has 1 aromatic carbocycles. The van der Waals surface area contributed by atoms with E-state index in [0.717, 1.165) is 31.0 Å². The van der Waals surface area contributed by atoms with Crippen molar-refractivity contribution in [2.45, 2.75) is 44.6 Å². The Hall–Kier alpha value is -0.870. The van der Waals surface area contributed by atoms with Crippen LogP contribution in [0, 0.1) is 5.41 Å². The fourth-order valence-corrected chi connectivity index (χ4v) is 3.38. The first kappa shape index (κ1) is 22.2. The molecule has 0 radical (unpaired) electrons. The lowest BCUT2D eigenvalue weighted by atomic mass is 9.65. The van der Waals surface area contributed by atoms with Crippen LogP contribution in [-0.4, -0.2) is 45.0 Å². The normalized spacial score (nSPS) is 19.0. The zero-order valence-electron chi connectivity index (χ0n) is 15.5. The summed E-state index contributed by atoms with van der Waals surface area (Å²) in [6.07, 6.45) is 0.779. The summed E-state index contributed by atoms with van der Waals surface area (Å²) in [6.45, 7) is 10.7. The van der Waals surface area contributed by atoms with Crippen LogP contribution in [0.1, 0.15) is 33.3 Å². The zero-order chi connectivity index (χ0) is 18.2. The van der Waals surface area contributed by atoms with Gasteiger partial charge in [0.15, 0.2) is 5.96 Å². The van der Waals surface area contributed by atoms with Gasteiger partial charge >= 0.3 is 0 Å². The summed E-state index contributed by atoms with van der Waals surface area (Å²) >= 11 is 0. The van der Waals surface area contributed by atoms with Crippen molar-refractivity contribution in [1.82, 2.24) is 10.2 Å². The molecule has 0 unspecified atom stereocenters. The van der Waals surface area contributed by atoms with Crippen LogP contribution in [0.25, 0.3) is 0 Å². The smallest absolute Gasteiger partial charge is 0.238 e. The van der Waals surface area contributed by atoms with Gasteiger partial charge in [-0.05, 0) is 38.0 Å². The maximum atomic E-state index is 11.3. The van der Waals surface area contributed by atoms with Gasteiger partial charge in [-0.3, -0.25) is 4.99 Å². The van der Waals surface area contributed by atoms with Crippen molar-refractivity contribution in [3.8, 4) is 0 Å². The van der Waals surface area contributed by atoms with Gasteiger partial charge in [-0.25, -0.2) is 13.6 Å². The largest absolute Gasteiger partial charge is 0.356 e. The summed E-state index contributed by atoms with van der Waals surface area (Å²) in [4.78, 5) is 6.81. The van der Waals surface area contributed by atoms with Crippen molar-refractivity contribution in [1.29, 1.82) is 0 Å². The fourth-order valence-electron chi connectivity index (χ4n) is 2.86. The molecule has 6 nitrogen and oxygen atoms in total. The molecule has 2 rings (SSSR count). The van der Waals surface area contributed by atoms with Crippen LogP contribution in [0.3, 0.4) is 0 Å². The number of aliphatic imine (C=N–C) groups is 1.